The van der Waals surface area contributed by atoms with Crippen LogP contribution in [0.5, 0.6) is 5.75 Å². The van der Waals surface area contributed by atoms with Crippen molar-refractivity contribution in [2.75, 3.05) is 13.2 Å². The third kappa shape index (κ3) is 4.04. The van der Waals surface area contributed by atoms with Crippen molar-refractivity contribution in [1.29, 1.82) is 5.26 Å². The van der Waals surface area contributed by atoms with E-state index < -0.39 is 0 Å². The number of carbonyl (C=O) groups excluding carboxylic acids is 1. The predicted octanol–water partition coefficient (Wildman–Crippen LogP) is 4.79. The number of piperidine rings is 1. The predicted molar refractivity (Wildman–Crippen MR) is 109 cm³/mol. The Kier molecular flexibility index (Phi) is 5.62. The van der Waals surface area contributed by atoms with Crippen LogP contribution in [0, 0.1) is 17.2 Å². The second kappa shape index (κ2) is 8.48. The maximum absolute atomic E-state index is 12.7. The smallest absolute Gasteiger partial charge is 0.260 e. The molecule has 0 unspecified atom stereocenters. The first-order chi connectivity index (χ1) is 13.7. The van der Waals surface area contributed by atoms with Gasteiger partial charge in [-0.15, -0.1) is 0 Å². The highest BCUT2D eigenvalue weighted by molar-refractivity contribution is 5.78. The molecule has 1 saturated heterocycles. The first-order valence-electron chi connectivity index (χ1n) is 10.3. The Morgan fingerprint density at radius 1 is 0.964 bits per heavy atom. The average Bonchev–Trinajstić information content (AvgIpc) is 2.77. The molecule has 4 nitrogen and oxygen atoms in total. The summed E-state index contributed by atoms with van der Waals surface area (Å²) in [5.74, 6) is 1.52. The summed E-state index contributed by atoms with van der Waals surface area (Å²) < 4.78 is 5.79. The van der Waals surface area contributed by atoms with Gasteiger partial charge in [-0.25, -0.2) is 0 Å². The molecule has 2 aliphatic rings. The van der Waals surface area contributed by atoms with Gasteiger partial charge in [0.2, 0.25) is 0 Å². The fraction of sp³-hybridized carbons (Fsp3) is 0.417. The largest absolute Gasteiger partial charge is 0.484 e. The zero-order valence-electron chi connectivity index (χ0n) is 16.1. The van der Waals surface area contributed by atoms with Crippen LogP contribution in [0.1, 0.15) is 44.1 Å². The fourth-order valence-electron chi connectivity index (χ4n) is 4.64. The lowest BCUT2D eigenvalue weighted by Gasteiger charge is -2.44. The summed E-state index contributed by atoms with van der Waals surface area (Å²) in [5, 5.41) is 8.90. The van der Waals surface area contributed by atoms with Crippen LogP contribution in [0.3, 0.4) is 0 Å². The normalized spacial score (nSPS) is 21.5. The molecule has 2 fully saturated rings. The van der Waals surface area contributed by atoms with E-state index in [4.69, 9.17) is 10.00 Å². The molecule has 0 bridgehead atoms. The molecule has 0 aromatic heterocycles. The number of hydrogen-bond acceptors (Lipinski definition) is 3. The molecule has 2 aromatic rings. The summed E-state index contributed by atoms with van der Waals surface area (Å²) in [6.45, 7) is 0.987. The van der Waals surface area contributed by atoms with Crippen LogP contribution in [0.2, 0.25) is 0 Å². The van der Waals surface area contributed by atoms with Gasteiger partial charge in [-0.1, -0.05) is 37.1 Å². The molecule has 0 N–H and O–H groups in total. The Labute approximate surface area is 166 Å². The second-order valence-electron chi connectivity index (χ2n) is 7.84. The van der Waals surface area contributed by atoms with Crippen LogP contribution in [0.15, 0.2) is 48.5 Å². The highest BCUT2D eigenvalue weighted by Gasteiger charge is 2.35. The highest BCUT2D eigenvalue weighted by atomic mass is 16.5. The van der Waals surface area contributed by atoms with Crippen molar-refractivity contribution in [3.63, 3.8) is 0 Å². The van der Waals surface area contributed by atoms with Crippen LogP contribution in [-0.2, 0) is 4.79 Å². The summed E-state index contributed by atoms with van der Waals surface area (Å²) in [4.78, 5) is 14.8. The zero-order chi connectivity index (χ0) is 19.3. The minimum atomic E-state index is 0.111. The number of ether oxygens (including phenoxy) is 1. The van der Waals surface area contributed by atoms with E-state index >= 15 is 0 Å². The van der Waals surface area contributed by atoms with Crippen molar-refractivity contribution in [3.05, 3.63) is 54.1 Å². The number of likely N-dealkylation sites (tertiary alicyclic amines) is 1. The minimum absolute atomic E-state index is 0.111. The van der Waals surface area contributed by atoms with Crippen LogP contribution in [0.25, 0.3) is 11.1 Å². The van der Waals surface area contributed by atoms with Gasteiger partial charge in [0.15, 0.2) is 6.61 Å². The van der Waals surface area contributed by atoms with E-state index in [1.807, 2.05) is 48.5 Å². The average molecular weight is 374 g/mol. The van der Waals surface area contributed by atoms with Gasteiger partial charge in [0.25, 0.3) is 5.91 Å². The quantitative estimate of drug-likeness (QED) is 0.773. The minimum Gasteiger partial charge on any atom is -0.484 e. The van der Waals surface area contributed by atoms with E-state index in [1.54, 1.807) is 0 Å². The Morgan fingerprint density at radius 2 is 1.61 bits per heavy atom. The van der Waals surface area contributed by atoms with Gasteiger partial charge in [-0.05, 0) is 67.0 Å². The molecular weight excluding hydrogens is 348 g/mol. The van der Waals surface area contributed by atoms with E-state index in [0.717, 1.165) is 30.5 Å². The van der Waals surface area contributed by atoms with E-state index in [1.165, 1.54) is 25.7 Å². The molecule has 1 aliphatic carbocycles. The molecule has 1 amide bonds. The molecule has 28 heavy (non-hydrogen) atoms. The highest BCUT2D eigenvalue weighted by Crippen LogP contribution is 2.35. The van der Waals surface area contributed by atoms with Gasteiger partial charge in [0.05, 0.1) is 11.6 Å². The summed E-state index contributed by atoms with van der Waals surface area (Å²) >= 11 is 0. The number of rotatable bonds is 4. The van der Waals surface area contributed by atoms with Crippen molar-refractivity contribution in [2.45, 2.75) is 44.6 Å². The van der Waals surface area contributed by atoms with Gasteiger partial charge in [-0.3, -0.25) is 4.79 Å². The number of nitriles is 1. The fourth-order valence-corrected chi connectivity index (χ4v) is 4.64. The van der Waals surface area contributed by atoms with E-state index in [2.05, 4.69) is 11.0 Å². The van der Waals surface area contributed by atoms with Crippen molar-refractivity contribution in [2.24, 2.45) is 5.92 Å². The standard InChI is InChI=1S/C24H26N2O2/c25-16-18-7-9-19(10-8-18)20-11-13-22(14-12-20)28-17-24(27)26-15-3-5-21-4-1-2-6-23(21)26/h7-14,21,23H,1-6,15,17H2/t21-,23-/m0/s1. The summed E-state index contributed by atoms with van der Waals surface area (Å²) in [7, 11) is 0. The molecule has 0 radical (unpaired) electrons. The molecule has 144 valence electrons. The van der Waals surface area contributed by atoms with E-state index in [0.29, 0.717) is 23.3 Å². The van der Waals surface area contributed by atoms with Gasteiger partial charge in [0, 0.05) is 12.6 Å². The van der Waals surface area contributed by atoms with E-state index in [9.17, 15) is 4.79 Å². The number of fused-ring (bicyclic) bond motifs is 1. The van der Waals surface area contributed by atoms with Crippen LogP contribution in [-0.4, -0.2) is 30.0 Å². The molecular formula is C24H26N2O2. The third-order valence-electron chi connectivity index (χ3n) is 6.13. The lowest BCUT2D eigenvalue weighted by atomic mass is 9.78. The maximum Gasteiger partial charge on any atom is 0.260 e. The first-order valence-corrected chi connectivity index (χ1v) is 10.3. The number of amides is 1. The van der Waals surface area contributed by atoms with Gasteiger partial charge in [-0.2, -0.15) is 5.26 Å². The Hall–Kier alpha value is -2.80. The molecule has 2 atom stereocenters. The monoisotopic (exact) mass is 374 g/mol. The Morgan fingerprint density at radius 3 is 2.32 bits per heavy atom. The van der Waals surface area contributed by atoms with Gasteiger partial charge < -0.3 is 9.64 Å². The Balaban J connectivity index is 1.35. The van der Waals surface area contributed by atoms with Crippen molar-refractivity contribution in [1.82, 2.24) is 4.90 Å². The van der Waals surface area contributed by atoms with Gasteiger partial charge in [0.1, 0.15) is 5.75 Å². The van der Waals surface area contributed by atoms with Crippen molar-refractivity contribution >= 4 is 5.91 Å². The number of hydrogen-bond donors (Lipinski definition) is 0. The SMILES string of the molecule is N#Cc1ccc(-c2ccc(OCC(=O)N3CCC[C@@H]4CCCC[C@@H]43)cc2)cc1. The lowest BCUT2D eigenvalue weighted by molar-refractivity contribution is -0.139. The van der Waals surface area contributed by atoms with Crippen LogP contribution >= 0.6 is 0 Å². The van der Waals surface area contributed by atoms with Crippen LogP contribution in [0.4, 0.5) is 0 Å². The van der Waals surface area contributed by atoms with Gasteiger partial charge >= 0.3 is 0 Å². The summed E-state index contributed by atoms with van der Waals surface area (Å²) in [5.41, 5.74) is 2.77. The second-order valence-corrected chi connectivity index (χ2v) is 7.84. The zero-order valence-corrected chi connectivity index (χ0v) is 16.1. The number of nitrogens with zero attached hydrogens (tertiary/aromatic N) is 2. The van der Waals surface area contributed by atoms with Crippen molar-refractivity contribution in [3.8, 4) is 22.9 Å². The molecule has 4 heteroatoms. The molecule has 0 spiro atoms. The molecule has 2 aromatic carbocycles. The number of carbonyl (C=O) groups is 1. The molecule has 1 heterocycles. The Bertz CT molecular complexity index is 850. The molecule has 4 rings (SSSR count). The summed E-state index contributed by atoms with van der Waals surface area (Å²) in [6.07, 6.45) is 7.36. The number of benzene rings is 2. The maximum atomic E-state index is 12.7. The summed E-state index contributed by atoms with van der Waals surface area (Å²) in [6, 6.07) is 17.8. The lowest BCUT2D eigenvalue weighted by Crippen LogP contribution is -2.51. The molecule has 1 saturated carbocycles. The van der Waals surface area contributed by atoms with Crippen LogP contribution < -0.4 is 4.74 Å². The molecule has 1 aliphatic heterocycles. The third-order valence-corrected chi connectivity index (χ3v) is 6.13. The topological polar surface area (TPSA) is 53.3 Å². The van der Waals surface area contributed by atoms with E-state index in [-0.39, 0.29) is 12.5 Å². The van der Waals surface area contributed by atoms with Crippen molar-refractivity contribution < 1.29 is 9.53 Å². The first kappa shape index (κ1) is 18.6.